The predicted molar refractivity (Wildman–Crippen MR) is 65.6 cm³/mol. The molecule has 0 N–H and O–H groups in total. The maximum absolute atomic E-state index is 11.6. The quantitative estimate of drug-likeness (QED) is 0.781. The Morgan fingerprint density at radius 1 is 1.41 bits per heavy atom. The Morgan fingerprint density at radius 2 is 2.12 bits per heavy atom. The minimum Gasteiger partial charge on any atom is -0.293 e. The first-order valence-electron chi connectivity index (χ1n) is 4.89. The average molecular weight is 273 g/mol. The van der Waals surface area contributed by atoms with Crippen LogP contribution >= 0.6 is 23.2 Å². The van der Waals surface area contributed by atoms with Gasteiger partial charge in [-0.15, -0.1) is 0 Å². The van der Waals surface area contributed by atoms with E-state index in [4.69, 9.17) is 23.2 Å². The second kappa shape index (κ2) is 4.50. The normalized spacial score (nSPS) is 10.8. The molecule has 2 rings (SSSR count). The Morgan fingerprint density at radius 3 is 2.65 bits per heavy atom. The topological polar surface area (TPSA) is 52.7 Å². The summed E-state index contributed by atoms with van der Waals surface area (Å²) >= 11 is 11.7. The van der Waals surface area contributed by atoms with Gasteiger partial charge in [0.05, 0.1) is 29.3 Å². The number of rotatable bonds is 2. The minimum atomic E-state index is -0.222. The first-order valence-corrected chi connectivity index (χ1v) is 5.64. The Hall–Kier alpha value is -1.33. The Kier molecular flexibility index (Phi) is 3.22. The fourth-order valence-corrected chi connectivity index (χ4v) is 1.89. The van der Waals surface area contributed by atoms with Crippen molar-refractivity contribution in [3.63, 3.8) is 0 Å². The van der Waals surface area contributed by atoms with Crippen molar-refractivity contribution in [3.05, 3.63) is 44.3 Å². The number of aromatic nitrogens is 4. The molecule has 0 atom stereocenters. The van der Waals surface area contributed by atoms with E-state index >= 15 is 0 Å². The van der Waals surface area contributed by atoms with Gasteiger partial charge in [0.15, 0.2) is 0 Å². The van der Waals surface area contributed by atoms with Crippen LogP contribution in [0.15, 0.2) is 17.2 Å². The van der Waals surface area contributed by atoms with Crippen LogP contribution < -0.4 is 5.56 Å². The molecule has 0 saturated carbocycles. The van der Waals surface area contributed by atoms with E-state index in [9.17, 15) is 4.79 Å². The summed E-state index contributed by atoms with van der Waals surface area (Å²) in [6.07, 6.45) is 1.39. The molecule has 17 heavy (non-hydrogen) atoms. The van der Waals surface area contributed by atoms with Gasteiger partial charge >= 0.3 is 0 Å². The Labute approximate surface area is 108 Å². The highest BCUT2D eigenvalue weighted by atomic mass is 35.5. The molecule has 0 unspecified atom stereocenters. The summed E-state index contributed by atoms with van der Waals surface area (Å²) in [7, 11) is 1.78. The predicted octanol–water partition coefficient (Wildman–Crippen LogP) is 1.64. The zero-order chi connectivity index (χ0) is 12.6. The molecular formula is C10H10Cl2N4O. The molecule has 0 radical (unpaired) electrons. The molecule has 0 spiro atoms. The van der Waals surface area contributed by atoms with Gasteiger partial charge in [-0.1, -0.05) is 23.2 Å². The SMILES string of the molecule is Cc1nn(C)c(Cn2cnc(Cl)cc2=O)c1Cl. The van der Waals surface area contributed by atoms with Crippen LogP contribution in [0.2, 0.25) is 10.2 Å². The molecule has 0 aromatic carbocycles. The molecule has 2 heterocycles. The van der Waals surface area contributed by atoms with Gasteiger partial charge in [-0.25, -0.2) is 4.98 Å². The van der Waals surface area contributed by atoms with E-state index in [0.29, 0.717) is 11.6 Å². The highest BCUT2D eigenvalue weighted by molar-refractivity contribution is 6.31. The summed E-state index contributed by atoms with van der Waals surface area (Å²) < 4.78 is 3.08. The second-order valence-electron chi connectivity index (χ2n) is 3.65. The summed E-state index contributed by atoms with van der Waals surface area (Å²) in [5.74, 6) is 0. The summed E-state index contributed by atoms with van der Waals surface area (Å²) in [4.78, 5) is 15.5. The lowest BCUT2D eigenvalue weighted by molar-refractivity contribution is 0.644. The van der Waals surface area contributed by atoms with Gasteiger partial charge in [0.25, 0.3) is 5.56 Å². The largest absolute Gasteiger partial charge is 0.293 e. The standard InChI is InChI=1S/C10H10Cl2N4O/c1-6-10(12)7(15(2)14-6)4-16-5-13-8(11)3-9(16)17/h3,5H,4H2,1-2H3. The fraction of sp³-hybridized carbons (Fsp3) is 0.300. The highest BCUT2D eigenvalue weighted by Gasteiger charge is 2.12. The third-order valence-corrected chi connectivity index (χ3v) is 3.13. The van der Waals surface area contributed by atoms with E-state index in [1.54, 1.807) is 11.7 Å². The average Bonchev–Trinajstić information content (AvgIpc) is 2.48. The van der Waals surface area contributed by atoms with Crippen molar-refractivity contribution in [3.8, 4) is 0 Å². The lowest BCUT2D eigenvalue weighted by Gasteiger charge is -2.05. The third-order valence-electron chi connectivity index (χ3n) is 2.43. The molecule has 5 nitrogen and oxygen atoms in total. The van der Waals surface area contributed by atoms with Crippen LogP contribution in [0, 0.1) is 6.92 Å². The summed E-state index contributed by atoms with van der Waals surface area (Å²) in [6, 6.07) is 1.26. The summed E-state index contributed by atoms with van der Waals surface area (Å²) in [6.45, 7) is 2.13. The molecule has 90 valence electrons. The molecule has 0 aliphatic rings. The lowest BCUT2D eigenvalue weighted by atomic mass is 10.3. The first-order chi connectivity index (χ1) is 7.99. The molecule has 0 amide bonds. The molecule has 0 saturated heterocycles. The fourth-order valence-electron chi connectivity index (χ4n) is 1.54. The molecule has 2 aromatic rings. The van der Waals surface area contributed by atoms with E-state index in [2.05, 4.69) is 10.1 Å². The summed E-state index contributed by atoms with van der Waals surface area (Å²) in [5.41, 5.74) is 1.27. The van der Waals surface area contributed by atoms with Crippen molar-refractivity contribution in [2.45, 2.75) is 13.5 Å². The maximum atomic E-state index is 11.6. The van der Waals surface area contributed by atoms with E-state index in [1.165, 1.54) is 17.0 Å². The third kappa shape index (κ3) is 2.35. The van der Waals surface area contributed by atoms with E-state index in [0.717, 1.165) is 11.4 Å². The number of halogens is 2. The summed E-state index contributed by atoms with van der Waals surface area (Å²) in [5, 5.41) is 4.92. The van der Waals surface area contributed by atoms with Gasteiger partial charge in [0, 0.05) is 13.1 Å². The zero-order valence-corrected chi connectivity index (χ0v) is 10.8. The van der Waals surface area contributed by atoms with Gasteiger partial charge in [-0.3, -0.25) is 14.0 Å². The van der Waals surface area contributed by atoms with E-state index in [-0.39, 0.29) is 10.7 Å². The van der Waals surface area contributed by atoms with Crippen LogP contribution in [0.3, 0.4) is 0 Å². The van der Waals surface area contributed by atoms with Crippen LogP contribution in [-0.4, -0.2) is 19.3 Å². The molecular weight excluding hydrogens is 263 g/mol. The molecule has 0 aliphatic heterocycles. The van der Waals surface area contributed by atoms with Crippen LogP contribution in [0.1, 0.15) is 11.4 Å². The zero-order valence-electron chi connectivity index (χ0n) is 9.31. The Bertz CT molecular complexity index is 617. The van der Waals surface area contributed by atoms with Crippen molar-refractivity contribution in [2.24, 2.45) is 7.05 Å². The van der Waals surface area contributed by atoms with Crippen molar-refractivity contribution in [1.29, 1.82) is 0 Å². The molecule has 0 bridgehead atoms. The van der Waals surface area contributed by atoms with Crippen molar-refractivity contribution >= 4 is 23.2 Å². The van der Waals surface area contributed by atoms with Crippen LogP contribution in [0.5, 0.6) is 0 Å². The lowest BCUT2D eigenvalue weighted by Crippen LogP contribution is -2.21. The van der Waals surface area contributed by atoms with Gasteiger partial charge < -0.3 is 0 Å². The molecule has 7 heteroatoms. The maximum Gasteiger partial charge on any atom is 0.255 e. The molecule has 2 aromatic heterocycles. The number of hydrogen-bond acceptors (Lipinski definition) is 3. The highest BCUT2D eigenvalue weighted by Crippen LogP contribution is 2.19. The smallest absolute Gasteiger partial charge is 0.255 e. The first kappa shape index (κ1) is 12.1. The van der Waals surface area contributed by atoms with Crippen molar-refractivity contribution in [2.75, 3.05) is 0 Å². The monoisotopic (exact) mass is 272 g/mol. The van der Waals surface area contributed by atoms with E-state index in [1.807, 2.05) is 6.92 Å². The number of nitrogens with zero attached hydrogens (tertiary/aromatic N) is 4. The molecule has 0 fully saturated rings. The minimum absolute atomic E-state index is 0.179. The Balaban J connectivity index is 2.41. The van der Waals surface area contributed by atoms with Gasteiger partial charge in [0.2, 0.25) is 0 Å². The molecule has 0 aliphatic carbocycles. The van der Waals surface area contributed by atoms with Gasteiger partial charge in [0.1, 0.15) is 5.15 Å². The van der Waals surface area contributed by atoms with Crippen molar-refractivity contribution in [1.82, 2.24) is 19.3 Å². The van der Waals surface area contributed by atoms with Crippen LogP contribution in [-0.2, 0) is 13.6 Å². The second-order valence-corrected chi connectivity index (χ2v) is 4.41. The van der Waals surface area contributed by atoms with Gasteiger partial charge in [-0.2, -0.15) is 5.10 Å². The van der Waals surface area contributed by atoms with Crippen LogP contribution in [0.25, 0.3) is 0 Å². The number of aryl methyl sites for hydroxylation is 2. The van der Waals surface area contributed by atoms with Gasteiger partial charge in [-0.05, 0) is 6.92 Å². The van der Waals surface area contributed by atoms with Crippen molar-refractivity contribution < 1.29 is 0 Å². The number of hydrogen-bond donors (Lipinski definition) is 0. The van der Waals surface area contributed by atoms with Crippen LogP contribution in [0.4, 0.5) is 0 Å². The van der Waals surface area contributed by atoms with E-state index < -0.39 is 0 Å².